The van der Waals surface area contributed by atoms with Crippen molar-refractivity contribution in [1.29, 1.82) is 0 Å². The van der Waals surface area contributed by atoms with Crippen molar-refractivity contribution in [2.75, 3.05) is 54.4 Å². The molecule has 0 fully saturated rings. The van der Waals surface area contributed by atoms with Gasteiger partial charge >= 0.3 is 36.7 Å². The van der Waals surface area contributed by atoms with Gasteiger partial charge in [-0.1, -0.05) is 150 Å². The number of likely N-dealkylation sites (N-methyl/N-ethyl adjacent to an activating group) is 4. The third-order valence-corrected chi connectivity index (χ3v) is 20.4. The van der Waals surface area contributed by atoms with E-state index in [0.29, 0.717) is 57.0 Å². The fourth-order valence-corrected chi connectivity index (χ4v) is 14.4. The first-order valence-electron chi connectivity index (χ1n) is 45.0. The number of aliphatic hydroxyl groups excluding tert-OH is 4. The smallest absolute Gasteiger partial charge is 0.444 e. The summed E-state index contributed by atoms with van der Waals surface area (Å²) in [5, 5.41) is 40.3. The molecule has 0 radical (unpaired) electrons. The predicted octanol–water partition coefficient (Wildman–Crippen LogP) is 23.8. The van der Waals surface area contributed by atoms with Crippen LogP contribution in [-0.2, 0) is 80.4 Å². The number of carbonyl (C=O) groups excluding carboxylic acids is 6. The molecule has 3 aliphatic heterocycles. The number of pyridine rings is 5. The van der Waals surface area contributed by atoms with Crippen LogP contribution in [0.3, 0.4) is 0 Å². The quantitative estimate of drug-likeness (QED) is 0.0332. The van der Waals surface area contributed by atoms with Crippen LogP contribution in [0.5, 0.6) is 0 Å². The second kappa shape index (κ2) is 54.5. The molecule has 10 aromatic rings. The third-order valence-electron chi connectivity index (χ3n) is 20.4. The number of hydrogen-bond acceptors (Lipinski definition) is 25. The minimum absolute atomic E-state index is 0. The maximum Gasteiger partial charge on any atom is 0.519 e. The van der Waals surface area contributed by atoms with E-state index in [0.717, 1.165) is 107 Å². The van der Waals surface area contributed by atoms with Gasteiger partial charge in [0.15, 0.2) is 0 Å². The normalized spacial score (nSPS) is 14.2. The summed E-state index contributed by atoms with van der Waals surface area (Å²) in [4.78, 5) is 97.5. The fourth-order valence-electron chi connectivity index (χ4n) is 14.4. The monoisotopic (exact) mass is 1960 g/mol. The van der Waals surface area contributed by atoms with Crippen LogP contribution in [0.4, 0.5) is 28.8 Å². The molecule has 0 aliphatic carbocycles. The fraction of sp³-hybridized carbons (Fsp3) is 0.435. The number of aliphatic hydroxyl groups is 4. The van der Waals surface area contributed by atoms with Gasteiger partial charge < -0.3 is 87.4 Å². The lowest BCUT2D eigenvalue weighted by molar-refractivity contribution is -0.0295. The molecule has 139 heavy (non-hydrogen) atoms. The van der Waals surface area contributed by atoms with Crippen molar-refractivity contribution in [2.24, 2.45) is 0 Å². The molecule has 3 unspecified atom stereocenters. The van der Waals surface area contributed by atoms with E-state index in [4.69, 9.17) is 42.6 Å². The van der Waals surface area contributed by atoms with Crippen molar-refractivity contribution >= 4 is 61.5 Å². The highest BCUT2D eigenvalue weighted by Crippen LogP contribution is 2.42. The summed E-state index contributed by atoms with van der Waals surface area (Å²) >= 11 is 0. The summed E-state index contributed by atoms with van der Waals surface area (Å²) in [7, 11) is 6.78. The van der Waals surface area contributed by atoms with Gasteiger partial charge in [0.1, 0.15) is 51.9 Å². The number of carbonyl (C=O) groups is 6. The number of ether oxygens (including phenoxy) is 10. The van der Waals surface area contributed by atoms with E-state index in [1.54, 1.807) is 155 Å². The van der Waals surface area contributed by atoms with E-state index >= 15 is 0 Å². The van der Waals surface area contributed by atoms with Crippen LogP contribution in [0.25, 0.3) is 55.6 Å². The molecule has 5 atom stereocenters. The van der Waals surface area contributed by atoms with Gasteiger partial charge in [0, 0.05) is 118 Å². The van der Waals surface area contributed by atoms with E-state index in [1.807, 2.05) is 197 Å². The number of nitrogens with zero attached hydrogens (tertiary/aromatic N) is 9. The van der Waals surface area contributed by atoms with E-state index < -0.39 is 64.2 Å². The maximum absolute atomic E-state index is 12.2. The minimum Gasteiger partial charge on any atom is -0.444 e. The van der Waals surface area contributed by atoms with E-state index in [1.165, 1.54) is 4.90 Å². The standard InChI is InChI=1S/C20H26N2O4.3C20H24N2O3.C16H19NO2.C10H18O5.2CH4.2ClH/c1-20(2,3)26-19(25)22(4)12-18(24)16-9-5-8-15(17(16)13-23)14-7-6-10-21-11-14;3*1-20(2,3)25-19(23)22(4)12-18-16-9-5-8-15(17(16)13-24-18)14-7-6-10-21-11-14;1-2-5-16(19)14-8-3-7-13(15(14)11-18)12-6-4-9-17-10-12;1-9(2,3)14-7(11)13-8(12)15-10(4,5)6;;;;/h5-11,18,23-24H,12-13H2,1-4H3;3*5-11,18H,12-13H2,1-4H3;3-4,6-10,16,18-19H,2,5,11H2,1H3;1-6H3;2*1H4;2*1H/t;2*18-;;;;;;;/m.10......./s1. The molecule has 31 heteroatoms. The first-order chi connectivity index (χ1) is 63.5. The number of aromatic nitrogens is 5. The van der Waals surface area contributed by atoms with E-state index in [2.05, 4.69) is 66.1 Å². The van der Waals surface area contributed by atoms with Crippen LogP contribution in [0.2, 0.25) is 0 Å². The molecular weight excluding hydrogens is 1810 g/mol. The van der Waals surface area contributed by atoms with Gasteiger partial charge in [0.05, 0.1) is 71.4 Å². The lowest BCUT2D eigenvalue weighted by Crippen LogP contribution is -2.36. The average molecular weight is 1960 g/mol. The van der Waals surface area contributed by atoms with Crippen molar-refractivity contribution in [2.45, 2.75) is 256 Å². The molecule has 8 heterocycles. The predicted molar refractivity (Wildman–Crippen MR) is 545 cm³/mol. The molecule has 3 aliphatic rings. The molecule has 29 nitrogen and oxygen atoms in total. The molecular formula is C108H145Cl2N9O20. The zero-order valence-electron chi connectivity index (χ0n) is 83.0. The zero-order chi connectivity index (χ0) is 99.3. The molecule has 4 N–H and O–H groups in total. The minimum atomic E-state index is -1.06. The third kappa shape index (κ3) is 37.9. The van der Waals surface area contributed by atoms with Crippen LogP contribution in [-0.4, -0.2) is 190 Å². The highest BCUT2D eigenvalue weighted by atomic mass is 35.5. The molecule has 4 amide bonds. The SMILES string of the molecule is C.C.CC(C)(C)OC(=O)OC(=O)OC(C)(C)C.CCCC(O)c1cccc(-c2cccnc2)c1CO.CN(CC(O)c1cccc(-c2cccnc2)c1CO)C(=O)OC(C)(C)C.CN(CC1OCc2c(-c3cccnc3)cccc21)C(=O)OC(C)(C)C.CN(C[C@@H]1OCc2c(-c3cccnc3)cccc21)C(=O)OC(C)(C)C.CN(C[C@H]1OCc2c(-c3cccnc3)cccc21)C(=O)OC(C)(C)C.Cl.Cl. The first-order valence-corrected chi connectivity index (χ1v) is 45.0. The van der Waals surface area contributed by atoms with E-state index in [9.17, 15) is 49.2 Å². The molecule has 0 spiro atoms. The Labute approximate surface area is 833 Å². The van der Waals surface area contributed by atoms with Crippen LogP contribution in [0, 0.1) is 0 Å². The van der Waals surface area contributed by atoms with Gasteiger partial charge in [-0.3, -0.25) is 24.9 Å². The topological polar surface area (TPSA) is 353 Å². The molecule has 5 aromatic heterocycles. The van der Waals surface area contributed by atoms with Crippen LogP contribution < -0.4 is 0 Å². The maximum atomic E-state index is 12.2. The number of hydrogen-bond donors (Lipinski definition) is 4. The lowest BCUT2D eigenvalue weighted by Gasteiger charge is -2.27. The molecule has 0 bridgehead atoms. The summed E-state index contributed by atoms with van der Waals surface area (Å²) in [5.41, 5.74) is 16.3. The highest BCUT2D eigenvalue weighted by molar-refractivity contribution is 5.86. The Morgan fingerprint density at radius 3 is 0.842 bits per heavy atom. The summed E-state index contributed by atoms with van der Waals surface area (Å²) in [5.74, 6) is 0. The first kappa shape index (κ1) is 119. The molecule has 0 saturated heterocycles. The van der Waals surface area contributed by atoms with Crippen molar-refractivity contribution < 1.29 is 96.6 Å². The Balaban J connectivity index is 0.000000349. The van der Waals surface area contributed by atoms with Crippen molar-refractivity contribution in [3.05, 3.63) is 269 Å². The van der Waals surface area contributed by atoms with Gasteiger partial charge in [0.2, 0.25) is 0 Å². The Hall–Kier alpha value is -12.0. The van der Waals surface area contributed by atoms with Crippen molar-refractivity contribution in [3.63, 3.8) is 0 Å². The lowest BCUT2D eigenvalue weighted by atomic mass is 9.92. The second-order valence-electron chi connectivity index (χ2n) is 38.6. The second-order valence-corrected chi connectivity index (χ2v) is 38.6. The number of amides is 4. The highest BCUT2D eigenvalue weighted by Gasteiger charge is 2.35. The van der Waals surface area contributed by atoms with Gasteiger partial charge in [-0.2, -0.15) is 0 Å². The van der Waals surface area contributed by atoms with Crippen LogP contribution in [0.15, 0.2) is 214 Å². The number of fused-ring (bicyclic) bond motifs is 3. The van der Waals surface area contributed by atoms with Gasteiger partial charge in [0.25, 0.3) is 0 Å². The Morgan fingerprint density at radius 2 is 0.597 bits per heavy atom. The molecule has 0 saturated carbocycles. The average Bonchev–Trinajstić information content (AvgIpc) is 1.65. The van der Waals surface area contributed by atoms with Crippen LogP contribution >= 0.6 is 24.8 Å². The van der Waals surface area contributed by atoms with Crippen LogP contribution in [0.1, 0.15) is 245 Å². The molecule has 5 aromatic carbocycles. The van der Waals surface area contributed by atoms with Gasteiger partial charge in [-0.25, -0.2) is 28.8 Å². The number of rotatable bonds is 19. The number of benzene rings is 5. The number of halogens is 2. The summed E-state index contributed by atoms with van der Waals surface area (Å²) < 4.78 is 53.2. The van der Waals surface area contributed by atoms with E-state index in [-0.39, 0.29) is 96.0 Å². The molecule has 756 valence electrons. The Morgan fingerprint density at radius 1 is 0.353 bits per heavy atom. The van der Waals surface area contributed by atoms with Crippen molar-refractivity contribution in [3.8, 4) is 55.6 Å². The largest absolute Gasteiger partial charge is 0.519 e. The summed E-state index contributed by atoms with van der Waals surface area (Å²) in [6.07, 6.45) is 13.8. The van der Waals surface area contributed by atoms with Gasteiger partial charge in [-0.15, -0.1) is 24.8 Å². The summed E-state index contributed by atoms with van der Waals surface area (Å²) in [6.45, 7) is 36.9. The molecule has 13 rings (SSSR count). The van der Waals surface area contributed by atoms with Crippen molar-refractivity contribution in [1.82, 2.24) is 44.5 Å². The Kier molecular flexibility index (Phi) is 46.8. The summed E-state index contributed by atoms with van der Waals surface area (Å²) in [6, 6.07) is 49.1. The Bertz CT molecular complexity index is 5160. The van der Waals surface area contributed by atoms with Gasteiger partial charge in [-0.05, 0) is 245 Å². The zero-order valence-corrected chi connectivity index (χ0v) is 84.7.